The van der Waals surface area contributed by atoms with E-state index in [1.165, 1.54) is 5.56 Å². The summed E-state index contributed by atoms with van der Waals surface area (Å²) in [7, 11) is 0. The van der Waals surface area contributed by atoms with Crippen molar-refractivity contribution in [1.29, 1.82) is 0 Å². The number of aliphatic carboxylic acids is 1. The third-order valence-electron chi connectivity index (χ3n) is 6.66. The first-order valence-electron chi connectivity index (χ1n) is 13.4. The number of nitrogens with one attached hydrogen (secondary N) is 1. The standard InChI is InChI=1S/C28H38N8O3/c29-7-2-9-36(10-3-15-37)28-31-18-24(19-32-28)23-6-8-30-26(17-23)33-25-5-1-4-22(16-25)20-34-11-13-35(14-12-34)21-27(38)39/h1,4-6,8,16-19,37H,2-3,7,9-15,20-21,29H2,(H,30,33)(H,38,39). The van der Waals surface area contributed by atoms with Crippen LogP contribution in [0.15, 0.2) is 55.0 Å². The number of nitrogens with two attached hydrogens (primary N) is 1. The molecule has 1 aromatic carbocycles. The van der Waals surface area contributed by atoms with Gasteiger partial charge in [0, 0.05) is 82.3 Å². The van der Waals surface area contributed by atoms with Crippen LogP contribution >= 0.6 is 0 Å². The van der Waals surface area contributed by atoms with E-state index in [4.69, 9.17) is 10.8 Å². The zero-order chi connectivity index (χ0) is 27.5. The van der Waals surface area contributed by atoms with E-state index in [-0.39, 0.29) is 13.2 Å². The van der Waals surface area contributed by atoms with Crippen LogP contribution in [0.2, 0.25) is 0 Å². The minimum absolute atomic E-state index is 0.105. The van der Waals surface area contributed by atoms with Gasteiger partial charge in [-0.25, -0.2) is 15.0 Å². The largest absolute Gasteiger partial charge is 0.480 e. The van der Waals surface area contributed by atoms with E-state index in [2.05, 4.69) is 42.2 Å². The fraction of sp³-hybridized carbons (Fsp3) is 0.429. The molecule has 3 aromatic rings. The second kappa shape index (κ2) is 14.5. The zero-order valence-corrected chi connectivity index (χ0v) is 22.2. The number of aromatic nitrogens is 3. The topological polar surface area (TPSA) is 144 Å². The van der Waals surface area contributed by atoms with Gasteiger partial charge in [0.1, 0.15) is 5.82 Å². The summed E-state index contributed by atoms with van der Waals surface area (Å²) in [5.41, 5.74) is 9.66. The lowest BCUT2D eigenvalue weighted by Crippen LogP contribution is -2.47. The Bertz CT molecular complexity index is 1180. The van der Waals surface area contributed by atoms with E-state index in [0.717, 1.165) is 68.3 Å². The monoisotopic (exact) mass is 534 g/mol. The molecule has 11 heteroatoms. The third kappa shape index (κ3) is 8.69. The Hall–Kier alpha value is -3.64. The van der Waals surface area contributed by atoms with Gasteiger partial charge >= 0.3 is 5.97 Å². The molecule has 1 saturated heterocycles. The molecule has 1 aliphatic heterocycles. The lowest BCUT2D eigenvalue weighted by Gasteiger charge is -2.33. The molecular weight excluding hydrogens is 496 g/mol. The smallest absolute Gasteiger partial charge is 0.317 e. The summed E-state index contributed by atoms with van der Waals surface area (Å²) in [4.78, 5) is 31.0. The summed E-state index contributed by atoms with van der Waals surface area (Å²) in [6, 6.07) is 12.2. The number of rotatable bonds is 14. The molecule has 0 amide bonds. The van der Waals surface area contributed by atoms with Crippen LogP contribution in [0, 0.1) is 0 Å². The molecule has 3 heterocycles. The Morgan fingerprint density at radius 2 is 1.72 bits per heavy atom. The summed E-state index contributed by atoms with van der Waals surface area (Å²) < 4.78 is 0. The fourth-order valence-electron chi connectivity index (χ4n) is 4.62. The predicted octanol–water partition coefficient (Wildman–Crippen LogP) is 2.02. The summed E-state index contributed by atoms with van der Waals surface area (Å²) >= 11 is 0. The molecule has 0 radical (unpaired) electrons. The maximum Gasteiger partial charge on any atom is 0.317 e. The maximum absolute atomic E-state index is 10.9. The van der Waals surface area contributed by atoms with Gasteiger partial charge < -0.3 is 26.2 Å². The van der Waals surface area contributed by atoms with Gasteiger partial charge in [-0.15, -0.1) is 0 Å². The summed E-state index contributed by atoms with van der Waals surface area (Å²) in [5.74, 6) is 0.584. The average molecular weight is 535 g/mol. The lowest BCUT2D eigenvalue weighted by molar-refractivity contribution is -0.138. The number of hydrogen-bond acceptors (Lipinski definition) is 10. The molecule has 5 N–H and O–H groups in total. The van der Waals surface area contributed by atoms with E-state index >= 15 is 0 Å². The van der Waals surface area contributed by atoms with Gasteiger partial charge in [0.15, 0.2) is 0 Å². The van der Waals surface area contributed by atoms with Crippen molar-refractivity contribution < 1.29 is 15.0 Å². The molecule has 0 aliphatic carbocycles. The molecule has 1 aliphatic rings. The van der Waals surface area contributed by atoms with Gasteiger partial charge in [0.25, 0.3) is 0 Å². The third-order valence-corrected chi connectivity index (χ3v) is 6.66. The van der Waals surface area contributed by atoms with Gasteiger partial charge in [0.2, 0.25) is 5.95 Å². The van der Waals surface area contributed by atoms with E-state index in [1.54, 1.807) is 6.20 Å². The molecule has 1 fully saturated rings. The number of carboxylic acids is 1. The number of hydrogen-bond donors (Lipinski definition) is 4. The molecule has 208 valence electrons. The number of pyridine rings is 1. The average Bonchev–Trinajstić information content (AvgIpc) is 2.94. The fourth-order valence-corrected chi connectivity index (χ4v) is 4.62. The molecule has 0 atom stereocenters. The van der Waals surface area contributed by atoms with Crippen LogP contribution < -0.4 is 16.0 Å². The normalized spacial score (nSPS) is 14.3. The number of anilines is 3. The maximum atomic E-state index is 10.9. The number of aliphatic hydroxyl groups is 1. The van der Waals surface area contributed by atoms with Crippen LogP contribution in [0.3, 0.4) is 0 Å². The first-order valence-corrected chi connectivity index (χ1v) is 13.4. The SMILES string of the molecule is NCCCN(CCCO)c1ncc(-c2ccnc(Nc3cccc(CN4CCN(CC(=O)O)CC4)c3)c2)cn1. The second-order valence-corrected chi connectivity index (χ2v) is 9.68. The first kappa shape index (κ1) is 28.4. The number of piperazine rings is 1. The van der Waals surface area contributed by atoms with Crippen molar-refractivity contribution in [3.05, 3.63) is 60.6 Å². The summed E-state index contributed by atoms with van der Waals surface area (Å²) in [6.45, 7) is 6.29. The van der Waals surface area contributed by atoms with Gasteiger partial charge in [-0.1, -0.05) is 12.1 Å². The van der Waals surface area contributed by atoms with E-state index in [0.29, 0.717) is 25.5 Å². The quantitative estimate of drug-likeness (QED) is 0.241. The van der Waals surface area contributed by atoms with E-state index < -0.39 is 5.97 Å². The van der Waals surface area contributed by atoms with Gasteiger partial charge in [-0.05, 0) is 54.8 Å². The number of benzene rings is 1. The van der Waals surface area contributed by atoms with Gasteiger partial charge in [-0.3, -0.25) is 14.6 Å². The molecule has 2 aromatic heterocycles. The van der Waals surface area contributed by atoms with Gasteiger partial charge in [0.05, 0.1) is 6.54 Å². The van der Waals surface area contributed by atoms with E-state index in [9.17, 15) is 9.90 Å². The first-order chi connectivity index (χ1) is 19.0. The summed E-state index contributed by atoms with van der Waals surface area (Å²) in [5, 5.41) is 21.6. The van der Waals surface area contributed by atoms with Crippen molar-refractivity contribution in [1.82, 2.24) is 24.8 Å². The number of carbonyl (C=O) groups is 1. The predicted molar refractivity (Wildman–Crippen MR) is 152 cm³/mol. The number of aliphatic hydroxyl groups excluding tert-OH is 1. The Kier molecular flexibility index (Phi) is 10.5. The molecule has 4 rings (SSSR count). The molecule has 0 bridgehead atoms. The molecule has 11 nitrogen and oxygen atoms in total. The highest BCUT2D eigenvalue weighted by Gasteiger charge is 2.18. The van der Waals surface area contributed by atoms with Gasteiger partial charge in [-0.2, -0.15) is 0 Å². The van der Waals surface area contributed by atoms with Crippen molar-refractivity contribution >= 4 is 23.4 Å². The lowest BCUT2D eigenvalue weighted by atomic mass is 10.1. The molecule has 39 heavy (non-hydrogen) atoms. The molecular formula is C28H38N8O3. The van der Waals surface area contributed by atoms with Crippen LogP contribution in [0.5, 0.6) is 0 Å². The van der Waals surface area contributed by atoms with Crippen LogP contribution in [0.1, 0.15) is 18.4 Å². The highest BCUT2D eigenvalue weighted by Crippen LogP contribution is 2.24. The minimum atomic E-state index is -0.774. The Morgan fingerprint density at radius 3 is 2.44 bits per heavy atom. The Balaban J connectivity index is 1.37. The Morgan fingerprint density at radius 1 is 0.974 bits per heavy atom. The van der Waals surface area contributed by atoms with Crippen molar-refractivity contribution in [2.45, 2.75) is 19.4 Å². The summed E-state index contributed by atoms with van der Waals surface area (Å²) in [6.07, 6.45) is 6.88. The van der Waals surface area contributed by atoms with Crippen LogP contribution in [-0.2, 0) is 11.3 Å². The van der Waals surface area contributed by atoms with Crippen molar-refractivity contribution in [3.8, 4) is 11.1 Å². The van der Waals surface area contributed by atoms with Crippen LogP contribution in [-0.4, -0.2) is 99.9 Å². The highest BCUT2D eigenvalue weighted by molar-refractivity contribution is 5.69. The second-order valence-electron chi connectivity index (χ2n) is 9.68. The molecule has 0 spiro atoms. The van der Waals surface area contributed by atoms with Crippen LogP contribution in [0.25, 0.3) is 11.1 Å². The number of nitrogens with zero attached hydrogens (tertiary/aromatic N) is 6. The zero-order valence-electron chi connectivity index (χ0n) is 22.2. The molecule has 0 unspecified atom stereocenters. The number of carboxylic acid groups (broad SMARTS) is 1. The van der Waals surface area contributed by atoms with Crippen molar-refractivity contribution in [3.63, 3.8) is 0 Å². The van der Waals surface area contributed by atoms with Crippen molar-refractivity contribution in [2.75, 3.05) is 69.2 Å². The van der Waals surface area contributed by atoms with Crippen molar-refractivity contribution in [2.24, 2.45) is 5.73 Å². The minimum Gasteiger partial charge on any atom is -0.480 e. The Labute approximate surface area is 229 Å². The highest BCUT2D eigenvalue weighted by atomic mass is 16.4. The van der Waals surface area contributed by atoms with Crippen LogP contribution in [0.4, 0.5) is 17.5 Å². The van der Waals surface area contributed by atoms with E-state index in [1.807, 2.05) is 41.6 Å². The molecule has 0 saturated carbocycles.